The van der Waals surface area contributed by atoms with E-state index in [-0.39, 0.29) is 18.1 Å². The molecule has 38 heavy (non-hydrogen) atoms. The van der Waals surface area contributed by atoms with Crippen molar-refractivity contribution in [1.82, 2.24) is 4.98 Å². The van der Waals surface area contributed by atoms with Gasteiger partial charge in [-0.05, 0) is 51.7 Å². The van der Waals surface area contributed by atoms with Gasteiger partial charge in [-0.2, -0.15) is 0 Å². The number of benzene rings is 2. The Morgan fingerprint density at radius 2 is 1.63 bits per heavy atom. The lowest BCUT2D eigenvalue weighted by Crippen LogP contribution is -2.63. The summed E-state index contributed by atoms with van der Waals surface area (Å²) in [5, 5.41) is 9.61. The van der Waals surface area contributed by atoms with Crippen molar-refractivity contribution >= 4 is 8.32 Å². The fourth-order valence-electron chi connectivity index (χ4n) is 7.34. The zero-order valence-electron chi connectivity index (χ0n) is 23.5. The first-order valence-electron chi connectivity index (χ1n) is 14.1. The number of aryl methyl sites for hydroxylation is 1. The Balaban J connectivity index is 1.83. The summed E-state index contributed by atoms with van der Waals surface area (Å²) < 4.78 is 14.3. The average molecular weight is 532 g/mol. The van der Waals surface area contributed by atoms with E-state index in [9.17, 15) is 9.90 Å². The normalized spacial score (nSPS) is 20.3. The van der Waals surface area contributed by atoms with Crippen LogP contribution in [0.1, 0.15) is 81.8 Å². The molecule has 0 spiro atoms. The van der Waals surface area contributed by atoms with Crippen LogP contribution in [0, 0.1) is 0 Å². The molecule has 5 rings (SSSR count). The van der Waals surface area contributed by atoms with E-state index in [0.717, 1.165) is 27.9 Å². The maximum atomic E-state index is 14.0. The summed E-state index contributed by atoms with van der Waals surface area (Å²) in [6.07, 6.45) is 1.17. The van der Waals surface area contributed by atoms with Crippen LogP contribution in [0.4, 0.5) is 0 Å². The molecule has 2 atom stereocenters. The van der Waals surface area contributed by atoms with Crippen LogP contribution >= 0.6 is 0 Å². The smallest absolute Gasteiger partial charge is 0.257 e. The van der Waals surface area contributed by atoms with Crippen LogP contribution in [0.25, 0.3) is 11.1 Å². The SMILES string of the molecule is CC(C)[Si](O[C@@]12OCc3ccccc3[C@@H]1c1c(-c3ccccc3)c(CCCO)[nH]c(=O)c12)(C(C)C)C(C)C. The zero-order valence-corrected chi connectivity index (χ0v) is 24.5. The van der Waals surface area contributed by atoms with Crippen molar-refractivity contribution in [2.45, 2.75) is 89.3 Å². The van der Waals surface area contributed by atoms with Crippen LogP contribution in [-0.2, 0) is 28.0 Å². The van der Waals surface area contributed by atoms with E-state index < -0.39 is 14.1 Å². The molecule has 6 heteroatoms. The minimum Gasteiger partial charge on any atom is -0.396 e. The van der Waals surface area contributed by atoms with Crippen LogP contribution in [0.15, 0.2) is 59.4 Å². The molecule has 0 amide bonds. The Hall–Kier alpha value is -2.51. The zero-order chi connectivity index (χ0) is 27.2. The highest BCUT2D eigenvalue weighted by Crippen LogP contribution is 2.64. The van der Waals surface area contributed by atoms with Gasteiger partial charge in [-0.1, -0.05) is 96.1 Å². The molecule has 202 valence electrons. The third-order valence-corrected chi connectivity index (χ3v) is 14.9. The van der Waals surface area contributed by atoms with E-state index >= 15 is 0 Å². The van der Waals surface area contributed by atoms with Crippen molar-refractivity contribution in [3.05, 3.63) is 92.9 Å². The maximum Gasteiger partial charge on any atom is 0.257 e. The number of nitrogens with one attached hydrogen (secondary N) is 1. The second-order valence-electron chi connectivity index (χ2n) is 11.8. The molecule has 0 saturated heterocycles. The van der Waals surface area contributed by atoms with Crippen LogP contribution in [-0.4, -0.2) is 25.0 Å². The summed E-state index contributed by atoms with van der Waals surface area (Å²) >= 11 is 0. The van der Waals surface area contributed by atoms with Crippen molar-refractivity contribution in [3.8, 4) is 11.1 Å². The second kappa shape index (κ2) is 10.2. The number of rotatable bonds is 9. The van der Waals surface area contributed by atoms with Gasteiger partial charge in [0.15, 0.2) is 0 Å². The number of H-pyrrole nitrogens is 1. The van der Waals surface area contributed by atoms with Crippen LogP contribution in [0.5, 0.6) is 0 Å². The van der Waals surface area contributed by atoms with Crippen molar-refractivity contribution in [2.75, 3.05) is 6.61 Å². The first kappa shape index (κ1) is 27.1. The monoisotopic (exact) mass is 531 g/mol. The topological polar surface area (TPSA) is 71.5 Å². The highest BCUT2D eigenvalue weighted by atomic mass is 28.4. The fraction of sp³-hybridized carbons (Fsp3) is 0.469. The van der Waals surface area contributed by atoms with Crippen molar-refractivity contribution in [1.29, 1.82) is 0 Å². The van der Waals surface area contributed by atoms with Gasteiger partial charge >= 0.3 is 0 Å². The van der Waals surface area contributed by atoms with Gasteiger partial charge in [0.25, 0.3) is 5.56 Å². The predicted molar refractivity (Wildman–Crippen MR) is 155 cm³/mol. The minimum absolute atomic E-state index is 0.0705. The largest absolute Gasteiger partial charge is 0.396 e. The van der Waals surface area contributed by atoms with Gasteiger partial charge in [0.05, 0.1) is 18.1 Å². The van der Waals surface area contributed by atoms with Crippen molar-refractivity contribution in [2.24, 2.45) is 0 Å². The van der Waals surface area contributed by atoms with Crippen molar-refractivity contribution < 1.29 is 14.3 Å². The Bertz CT molecular complexity index is 1340. The van der Waals surface area contributed by atoms with Gasteiger partial charge in [-0.3, -0.25) is 4.79 Å². The third-order valence-electron chi connectivity index (χ3n) is 8.84. The Labute approximate surface area is 227 Å². The molecule has 0 saturated carbocycles. The molecule has 1 aliphatic heterocycles. The molecule has 3 aromatic rings. The highest BCUT2D eigenvalue weighted by molar-refractivity contribution is 6.77. The number of hydrogen-bond acceptors (Lipinski definition) is 4. The molecule has 2 aliphatic rings. The molecular weight excluding hydrogens is 490 g/mol. The van der Waals surface area contributed by atoms with Gasteiger partial charge in [0.1, 0.15) is 0 Å². The van der Waals surface area contributed by atoms with Crippen LogP contribution in [0.2, 0.25) is 16.6 Å². The van der Waals surface area contributed by atoms with Gasteiger partial charge in [-0.15, -0.1) is 0 Å². The minimum atomic E-state index is -2.43. The number of aliphatic hydroxyl groups is 1. The predicted octanol–water partition coefficient (Wildman–Crippen LogP) is 6.99. The van der Waals surface area contributed by atoms with Gasteiger partial charge in [0.2, 0.25) is 14.1 Å². The summed E-state index contributed by atoms with van der Waals surface area (Å²) in [7, 11) is -2.43. The van der Waals surface area contributed by atoms with Gasteiger partial charge < -0.3 is 19.3 Å². The van der Waals surface area contributed by atoms with Gasteiger partial charge in [0, 0.05) is 17.9 Å². The van der Waals surface area contributed by atoms with E-state index in [0.29, 0.717) is 41.6 Å². The number of aromatic amines is 1. The maximum absolute atomic E-state index is 14.0. The molecule has 5 nitrogen and oxygen atoms in total. The number of hydrogen-bond donors (Lipinski definition) is 2. The molecule has 2 aromatic carbocycles. The number of pyridine rings is 1. The van der Waals surface area contributed by atoms with E-state index in [4.69, 9.17) is 9.16 Å². The summed E-state index contributed by atoms with van der Waals surface area (Å²) in [5.41, 5.74) is 7.84. The molecule has 0 unspecified atom stereocenters. The van der Waals surface area contributed by atoms with E-state index in [1.807, 2.05) is 24.3 Å². The summed E-state index contributed by atoms with van der Waals surface area (Å²) in [6, 6.07) is 18.7. The summed E-state index contributed by atoms with van der Waals surface area (Å²) in [4.78, 5) is 17.2. The summed E-state index contributed by atoms with van der Waals surface area (Å²) in [6.45, 7) is 14.1. The van der Waals surface area contributed by atoms with E-state index in [1.54, 1.807) is 0 Å². The lowest BCUT2D eigenvalue weighted by Gasteiger charge is -2.58. The fourth-order valence-corrected chi connectivity index (χ4v) is 12.9. The van der Waals surface area contributed by atoms with Crippen molar-refractivity contribution in [3.63, 3.8) is 0 Å². The number of fused-ring (bicyclic) bond motifs is 6. The summed E-state index contributed by atoms with van der Waals surface area (Å²) in [5.74, 6) is -1.31. The standard InChI is InChI=1S/C32H41NO4Si/c1-20(2)38(21(3)4,22(5)6)37-32-29(25-16-11-10-15-24(25)19-36-32)28-27(23-13-8-7-9-14-23)26(17-12-18-34)33-31(35)30(28)32/h7-11,13-16,20-22,29,34H,12,17-19H2,1-6H3,(H,33,35)/t29-,32+/m1/s1. The first-order valence-corrected chi connectivity index (χ1v) is 16.2. The van der Waals surface area contributed by atoms with Gasteiger partial charge in [-0.25, -0.2) is 0 Å². The molecule has 0 bridgehead atoms. The Morgan fingerprint density at radius 3 is 2.26 bits per heavy atom. The molecular formula is C32H41NO4Si. The Morgan fingerprint density at radius 1 is 1.00 bits per heavy atom. The molecule has 2 heterocycles. The third kappa shape index (κ3) is 3.96. The quantitative estimate of drug-likeness (QED) is 0.292. The Kier molecular flexibility index (Phi) is 7.29. The van der Waals surface area contributed by atoms with E-state index in [1.165, 1.54) is 5.56 Å². The average Bonchev–Trinajstić information content (AvgIpc) is 2.88. The molecule has 1 aliphatic carbocycles. The number of ether oxygens (including phenoxy) is 1. The van der Waals surface area contributed by atoms with Crippen LogP contribution in [0.3, 0.4) is 0 Å². The van der Waals surface area contributed by atoms with E-state index in [2.05, 4.69) is 76.9 Å². The lowest BCUT2D eigenvalue weighted by atomic mass is 9.63. The highest BCUT2D eigenvalue weighted by Gasteiger charge is 2.65. The first-order chi connectivity index (χ1) is 18.2. The number of aromatic nitrogens is 1. The molecule has 2 N–H and O–H groups in total. The lowest BCUT2D eigenvalue weighted by molar-refractivity contribution is -0.245. The number of aliphatic hydroxyl groups excluding tert-OH is 1. The molecule has 1 aromatic heterocycles. The second-order valence-corrected chi connectivity index (χ2v) is 17.2. The van der Waals surface area contributed by atoms with Crippen LogP contribution < -0.4 is 5.56 Å². The molecule has 0 fully saturated rings. The molecule has 0 radical (unpaired) electrons.